The molecule has 0 unspecified atom stereocenters. The van der Waals surface area contributed by atoms with Gasteiger partial charge in [0.05, 0.1) is 22.7 Å². The van der Waals surface area contributed by atoms with Gasteiger partial charge >= 0.3 is 0 Å². The van der Waals surface area contributed by atoms with Crippen LogP contribution in [0, 0.1) is 10.1 Å². The SMILES string of the molecule is CCc1cc(NC[C@H](O)[C@@H](O)[C@H](O)CO)c([N+](=O)[O-])cc1Cl. The minimum Gasteiger partial charge on any atom is -0.394 e. The van der Waals surface area contributed by atoms with Gasteiger partial charge in [0.15, 0.2) is 0 Å². The molecule has 0 spiro atoms. The summed E-state index contributed by atoms with van der Waals surface area (Å²) in [5, 5.41) is 51.2. The molecule has 0 radical (unpaired) electrons. The standard InChI is InChI=1S/C13H19ClN2O6/c1-2-7-3-9(10(16(21)22)4-8(7)14)15-5-11(18)13(20)12(19)6-17/h3-4,11-13,15,17-20H,2,5-6H2,1H3/t11-,12+,13+/m0/s1. The van der Waals surface area contributed by atoms with Crippen LogP contribution in [0.25, 0.3) is 0 Å². The maximum absolute atomic E-state index is 11.0. The second-order valence-corrected chi connectivity index (χ2v) is 5.17. The van der Waals surface area contributed by atoms with Gasteiger partial charge in [-0.3, -0.25) is 10.1 Å². The van der Waals surface area contributed by atoms with Crippen LogP contribution < -0.4 is 5.32 Å². The third kappa shape index (κ3) is 4.52. The Morgan fingerprint density at radius 3 is 2.45 bits per heavy atom. The fourth-order valence-corrected chi connectivity index (χ4v) is 2.16. The molecule has 3 atom stereocenters. The van der Waals surface area contributed by atoms with Gasteiger partial charge < -0.3 is 25.7 Å². The van der Waals surface area contributed by atoms with Crippen molar-refractivity contribution in [3.8, 4) is 0 Å². The van der Waals surface area contributed by atoms with Crippen molar-refractivity contribution < 1.29 is 25.3 Å². The zero-order valence-electron chi connectivity index (χ0n) is 11.9. The molecule has 0 heterocycles. The molecule has 0 bridgehead atoms. The highest BCUT2D eigenvalue weighted by Crippen LogP contribution is 2.31. The molecule has 9 heteroatoms. The lowest BCUT2D eigenvalue weighted by molar-refractivity contribution is -0.384. The quantitative estimate of drug-likeness (QED) is 0.340. The van der Waals surface area contributed by atoms with Crippen molar-refractivity contribution in [2.75, 3.05) is 18.5 Å². The molecule has 0 fully saturated rings. The van der Waals surface area contributed by atoms with Crippen LogP contribution >= 0.6 is 11.6 Å². The lowest BCUT2D eigenvalue weighted by Crippen LogP contribution is -2.42. The summed E-state index contributed by atoms with van der Waals surface area (Å²) in [4.78, 5) is 10.4. The van der Waals surface area contributed by atoms with Crippen molar-refractivity contribution in [1.29, 1.82) is 0 Å². The van der Waals surface area contributed by atoms with Crippen LogP contribution in [-0.4, -0.2) is 56.8 Å². The number of anilines is 1. The van der Waals surface area contributed by atoms with Crippen LogP contribution in [0.4, 0.5) is 11.4 Å². The lowest BCUT2D eigenvalue weighted by atomic mass is 10.1. The minimum absolute atomic E-state index is 0.149. The summed E-state index contributed by atoms with van der Waals surface area (Å²) in [7, 11) is 0. The van der Waals surface area contributed by atoms with Gasteiger partial charge in [-0.05, 0) is 18.1 Å². The Kier molecular flexibility index (Phi) is 6.98. The molecule has 1 aromatic carbocycles. The Balaban J connectivity index is 2.90. The van der Waals surface area contributed by atoms with Gasteiger partial charge in [0, 0.05) is 12.6 Å². The van der Waals surface area contributed by atoms with Crippen LogP contribution in [0.3, 0.4) is 0 Å². The summed E-state index contributed by atoms with van der Waals surface area (Å²) in [6, 6.07) is 2.72. The first-order valence-electron chi connectivity index (χ1n) is 6.67. The van der Waals surface area contributed by atoms with Crippen molar-refractivity contribution in [2.45, 2.75) is 31.7 Å². The van der Waals surface area contributed by atoms with Gasteiger partial charge in [-0.2, -0.15) is 0 Å². The van der Waals surface area contributed by atoms with Gasteiger partial charge in [0.25, 0.3) is 5.69 Å². The predicted molar refractivity (Wildman–Crippen MR) is 81.1 cm³/mol. The second-order valence-electron chi connectivity index (χ2n) is 4.76. The Labute approximate surface area is 132 Å². The molecule has 0 aliphatic heterocycles. The Hall–Kier alpha value is -1.45. The maximum Gasteiger partial charge on any atom is 0.293 e. The van der Waals surface area contributed by atoms with Crippen LogP contribution in [0.2, 0.25) is 5.02 Å². The molecule has 5 N–H and O–H groups in total. The summed E-state index contributed by atoms with van der Waals surface area (Å²) < 4.78 is 0. The fraction of sp³-hybridized carbons (Fsp3) is 0.538. The normalized spacial score (nSPS) is 15.2. The highest BCUT2D eigenvalue weighted by atomic mass is 35.5. The van der Waals surface area contributed by atoms with Gasteiger partial charge in [0.2, 0.25) is 0 Å². The maximum atomic E-state index is 11.0. The average Bonchev–Trinajstić information content (AvgIpc) is 2.51. The number of nitrogens with one attached hydrogen (secondary N) is 1. The van der Waals surface area contributed by atoms with E-state index in [1.165, 1.54) is 12.1 Å². The summed E-state index contributed by atoms with van der Waals surface area (Å²) >= 11 is 5.94. The number of aryl methyl sites for hydroxylation is 1. The van der Waals surface area contributed by atoms with E-state index in [1.54, 1.807) is 0 Å². The number of nitrogens with zero attached hydrogens (tertiary/aromatic N) is 1. The molecule has 0 saturated heterocycles. The average molecular weight is 335 g/mol. The van der Waals surface area contributed by atoms with Crippen LogP contribution in [0.15, 0.2) is 12.1 Å². The molecule has 124 valence electrons. The predicted octanol–water partition coefficient (Wildman–Crippen LogP) is 0.298. The number of nitro groups is 1. The van der Waals surface area contributed by atoms with Crippen molar-refractivity contribution in [3.63, 3.8) is 0 Å². The Morgan fingerprint density at radius 2 is 1.95 bits per heavy atom. The molecule has 0 aromatic heterocycles. The highest BCUT2D eigenvalue weighted by molar-refractivity contribution is 6.31. The molecule has 0 saturated carbocycles. The van der Waals surface area contributed by atoms with Crippen molar-refractivity contribution in [3.05, 3.63) is 32.8 Å². The van der Waals surface area contributed by atoms with E-state index in [0.717, 1.165) is 0 Å². The van der Waals surface area contributed by atoms with E-state index in [0.29, 0.717) is 12.0 Å². The third-order valence-electron chi connectivity index (χ3n) is 3.22. The van der Waals surface area contributed by atoms with E-state index in [2.05, 4.69) is 5.32 Å². The molecule has 1 aromatic rings. The van der Waals surface area contributed by atoms with Crippen molar-refractivity contribution >= 4 is 23.0 Å². The molecule has 1 rings (SSSR count). The molecule has 0 amide bonds. The smallest absolute Gasteiger partial charge is 0.293 e. The van der Waals surface area contributed by atoms with Gasteiger partial charge in [-0.25, -0.2) is 0 Å². The third-order valence-corrected chi connectivity index (χ3v) is 3.57. The van der Waals surface area contributed by atoms with Crippen LogP contribution in [0.5, 0.6) is 0 Å². The number of nitro benzene ring substituents is 1. The van der Waals surface area contributed by atoms with Crippen molar-refractivity contribution in [2.24, 2.45) is 0 Å². The fourth-order valence-electron chi connectivity index (χ4n) is 1.87. The summed E-state index contributed by atoms with van der Waals surface area (Å²) in [6.07, 6.45) is -3.92. The number of halogens is 1. The number of benzene rings is 1. The van der Waals surface area contributed by atoms with Gasteiger partial charge in [-0.15, -0.1) is 0 Å². The monoisotopic (exact) mass is 334 g/mol. The van der Waals surface area contributed by atoms with E-state index in [9.17, 15) is 25.4 Å². The van der Waals surface area contributed by atoms with Crippen LogP contribution in [0.1, 0.15) is 12.5 Å². The zero-order chi connectivity index (χ0) is 16.9. The number of aliphatic hydroxyl groups is 4. The number of hydrogen-bond acceptors (Lipinski definition) is 7. The summed E-state index contributed by atoms with van der Waals surface area (Å²) in [6.45, 7) is 0.885. The van der Waals surface area contributed by atoms with Gasteiger partial charge in [-0.1, -0.05) is 18.5 Å². The minimum atomic E-state index is -1.57. The first-order chi connectivity index (χ1) is 10.3. The topological polar surface area (TPSA) is 136 Å². The van der Waals surface area contributed by atoms with Gasteiger partial charge in [0.1, 0.15) is 17.9 Å². The van der Waals surface area contributed by atoms with E-state index in [1.807, 2.05) is 6.92 Å². The Morgan fingerprint density at radius 1 is 1.32 bits per heavy atom. The van der Waals surface area contributed by atoms with Crippen molar-refractivity contribution in [1.82, 2.24) is 0 Å². The molecular weight excluding hydrogens is 316 g/mol. The first kappa shape index (κ1) is 18.6. The molecular formula is C13H19ClN2O6. The molecule has 0 aliphatic rings. The molecule has 22 heavy (non-hydrogen) atoms. The number of hydrogen-bond donors (Lipinski definition) is 5. The number of rotatable bonds is 8. The second kappa shape index (κ2) is 8.25. The summed E-state index contributed by atoms with van der Waals surface area (Å²) in [5.74, 6) is 0. The van der Waals surface area contributed by atoms with E-state index < -0.39 is 29.8 Å². The Bertz CT molecular complexity index is 527. The molecule has 8 nitrogen and oxygen atoms in total. The number of aliphatic hydroxyl groups excluding tert-OH is 4. The highest BCUT2D eigenvalue weighted by Gasteiger charge is 2.25. The molecule has 0 aliphatic carbocycles. The summed E-state index contributed by atoms with van der Waals surface area (Å²) in [5.41, 5.74) is 0.586. The van der Waals surface area contributed by atoms with E-state index in [-0.39, 0.29) is 22.9 Å². The van der Waals surface area contributed by atoms with Crippen LogP contribution in [-0.2, 0) is 6.42 Å². The first-order valence-corrected chi connectivity index (χ1v) is 7.05. The zero-order valence-corrected chi connectivity index (χ0v) is 12.7. The van der Waals surface area contributed by atoms with E-state index in [4.69, 9.17) is 16.7 Å². The largest absolute Gasteiger partial charge is 0.394 e. The lowest BCUT2D eigenvalue weighted by Gasteiger charge is -2.22. The van der Waals surface area contributed by atoms with E-state index >= 15 is 0 Å².